The van der Waals surface area contributed by atoms with Gasteiger partial charge in [0.2, 0.25) is 0 Å². The van der Waals surface area contributed by atoms with Gasteiger partial charge < -0.3 is 14.8 Å². The topological polar surface area (TPSA) is 71.4 Å². The number of anilines is 1. The van der Waals surface area contributed by atoms with Crippen molar-refractivity contribution < 1.29 is 9.59 Å². The predicted molar refractivity (Wildman–Crippen MR) is 144 cm³/mol. The summed E-state index contributed by atoms with van der Waals surface area (Å²) >= 11 is 0. The number of fused-ring (bicyclic) bond motifs is 4. The average Bonchev–Trinajstić information content (AvgIpc) is 2.95. The fraction of sp³-hybridized carbons (Fsp3) is 0.194. The Hall–Kier alpha value is -4.45. The lowest BCUT2D eigenvalue weighted by Crippen LogP contribution is -2.49. The second kappa shape index (κ2) is 9.54. The summed E-state index contributed by atoms with van der Waals surface area (Å²) in [4.78, 5) is 41.1. The van der Waals surface area contributed by atoms with Crippen molar-refractivity contribution in [1.29, 1.82) is 0 Å². The number of carbonyl (C=O) groups is 2. The first-order valence-electron chi connectivity index (χ1n) is 12.6. The lowest BCUT2D eigenvalue weighted by Gasteiger charge is -2.43. The third kappa shape index (κ3) is 4.47. The van der Waals surface area contributed by atoms with Gasteiger partial charge in [0.15, 0.2) is 0 Å². The summed E-state index contributed by atoms with van der Waals surface area (Å²) in [6.45, 7) is 1.73. The lowest BCUT2D eigenvalue weighted by atomic mass is 9.83. The number of pyridine rings is 1. The van der Waals surface area contributed by atoms with Crippen molar-refractivity contribution in [3.8, 4) is 11.1 Å². The van der Waals surface area contributed by atoms with Crippen molar-refractivity contribution in [1.82, 2.24) is 9.47 Å². The summed E-state index contributed by atoms with van der Waals surface area (Å²) < 4.78 is 1.79. The van der Waals surface area contributed by atoms with Gasteiger partial charge in [-0.15, -0.1) is 0 Å². The van der Waals surface area contributed by atoms with Gasteiger partial charge in [0.25, 0.3) is 17.4 Å². The van der Waals surface area contributed by atoms with E-state index in [-0.39, 0.29) is 34.9 Å². The summed E-state index contributed by atoms with van der Waals surface area (Å²) in [5, 5.41) is 2.77. The number of benzene rings is 3. The first kappa shape index (κ1) is 23.0. The van der Waals surface area contributed by atoms with Gasteiger partial charge in [-0.05, 0) is 59.9 Å². The highest BCUT2D eigenvalue weighted by Crippen LogP contribution is 2.36. The molecular weight excluding hydrogens is 462 g/mol. The summed E-state index contributed by atoms with van der Waals surface area (Å²) in [7, 11) is 0. The predicted octanol–water partition coefficient (Wildman–Crippen LogP) is 5.03. The number of amides is 2. The number of piperidine rings is 1. The van der Waals surface area contributed by atoms with Crippen LogP contribution in [-0.4, -0.2) is 34.4 Å². The summed E-state index contributed by atoms with van der Waals surface area (Å²) in [5.41, 5.74) is 4.41. The van der Waals surface area contributed by atoms with Crippen LogP contribution in [0.5, 0.6) is 0 Å². The standard InChI is InChI=1S/C31H27N3O3/c35-29(24-9-5-2-6-10-24)32-27-15-16-28-26-17-21(19-34(28)31(27)37)18-33(20-26)30(36)25-13-11-23(12-14-25)22-7-3-1-4-8-22/h1-16,21,26H,17-20H2,(H,32,35)/t21-,26+/m0/s1. The molecule has 1 fully saturated rings. The minimum absolute atomic E-state index is 0.0249. The van der Waals surface area contributed by atoms with Gasteiger partial charge in [-0.1, -0.05) is 60.7 Å². The Bertz CT molecular complexity index is 1510. The zero-order valence-corrected chi connectivity index (χ0v) is 20.3. The summed E-state index contributed by atoms with van der Waals surface area (Å²) in [5.74, 6) is 0.00402. The smallest absolute Gasteiger partial charge is 0.274 e. The zero-order valence-electron chi connectivity index (χ0n) is 20.3. The molecule has 6 rings (SSSR count). The molecule has 2 amide bonds. The van der Waals surface area contributed by atoms with Gasteiger partial charge in [0.05, 0.1) is 0 Å². The molecule has 2 bridgehead atoms. The number of hydrogen-bond donors (Lipinski definition) is 1. The first-order chi connectivity index (χ1) is 18.1. The SMILES string of the molecule is O=C(Nc1ccc2n(c1=O)C[C@H]1C[C@@H]2CN(C(=O)c2ccc(-c3ccccc3)cc2)C1)c1ccccc1. The third-order valence-corrected chi connectivity index (χ3v) is 7.41. The van der Waals surface area contributed by atoms with Crippen molar-refractivity contribution in [2.24, 2.45) is 5.92 Å². The normalized spacial score (nSPS) is 18.1. The molecule has 0 radical (unpaired) electrons. The van der Waals surface area contributed by atoms with E-state index in [4.69, 9.17) is 0 Å². The largest absolute Gasteiger partial charge is 0.338 e. The van der Waals surface area contributed by atoms with E-state index in [1.165, 1.54) is 0 Å². The zero-order chi connectivity index (χ0) is 25.4. The van der Waals surface area contributed by atoms with Crippen LogP contribution in [0.15, 0.2) is 102 Å². The molecule has 3 aromatic carbocycles. The van der Waals surface area contributed by atoms with Gasteiger partial charge in [0.1, 0.15) is 5.69 Å². The van der Waals surface area contributed by atoms with E-state index in [1.54, 1.807) is 34.9 Å². The molecule has 6 heteroatoms. The number of likely N-dealkylation sites (tertiary alicyclic amines) is 1. The third-order valence-electron chi connectivity index (χ3n) is 7.41. The molecule has 2 aliphatic heterocycles. The highest BCUT2D eigenvalue weighted by molar-refractivity contribution is 6.04. The Balaban J connectivity index is 1.19. The van der Waals surface area contributed by atoms with Crippen molar-refractivity contribution in [2.75, 3.05) is 18.4 Å². The summed E-state index contributed by atoms with van der Waals surface area (Å²) in [6, 6.07) is 30.4. The maximum absolute atomic E-state index is 13.4. The Morgan fingerprint density at radius 2 is 1.38 bits per heavy atom. The van der Waals surface area contributed by atoms with Crippen LogP contribution in [0.3, 0.4) is 0 Å². The van der Waals surface area contributed by atoms with Gasteiger partial charge in [0, 0.05) is 42.4 Å². The van der Waals surface area contributed by atoms with Gasteiger partial charge in [-0.3, -0.25) is 14.4 Å². The second-order valence-corrected chi connectivity index (χ2v) is 9.86. The Kier molecular flexibility index (Phi) is 5.93. The maximum atomic E-state index is 13.4. The molecule has 0 saturated carbocycles. The van der Waals surface area contributed by atoms with Crippen molar-refractivity contribution in [3.63, 3.8) is 0 Å². The van der Waals surface area contributed by atoms with Crippen LogP contribution in [0.2, 0.25) is 0 Å². The molecule has 37 heavy (non-hydrogen) atoms. The molecular formula is C31H27N3O3. The minimum atomic E-state index is -0.302. The van der Waals surface area contributed by atoms with Crippen LogP contribution in [0.25, 0.3) is 11.1 Å². The molecule has 4 aromatic rings. The number of carbonyl (C=O) groups excluding carboxylic acids is 2. The van der Waals surface area contributed by atoms with E-state index in [0.717, 1.165) is 23.2 Å². The Morgan fingerprint density at radius 1 is 0.703 bits per heavy atom. The van der Waals surface area contributed by atoms with Crippen LogP contribution in [-0.2, 0) is 6.54 Å². The van der Waals surface area contributed by atoms with Crippen LogP contribution in [0.1, 0.15) is 38.7 Å². The van der Waals surface area contributed by atoms with Crippen LogP contribution < -0.4 is 10.9 Å². The number of nitrogens with one attached hydrogen (secondary N) is 1. The first-order valence-corrected chi connectivity index (χ1v) is 12.6. The second-order valence-electron chi connectivity index (χ2n) is 9.86. The molecule has 0 spiro atoms. The molecule has 1 saturated heterocycles. The average molecular weight is 490 g/mol. The molecule has 2 aliphatic rings. The number of hydrogen-bond acceptors (Lipinski definition) is 3. The number of aromatic nitrogens is 1. The minimum Gasteiger partial charge on any atom is -0.338 e. The van der Waals surface area contributed by atoms with Crippen LogP contribution >= 0.6 is 0 Å². The molecule has 0 aliphatic carbocycles. The lowest BCUT2D eigenvalue weighted by molar-refractivity contribution is 0.0594. The fourth-order valence-electron chi connectivity index (χ4n) is 5.61. The van der Waals surface area contributed by atoms with Crippen LogP contribution in [0, 0.1) is 5.92 Å². The molecule has 1 aromatic heterocycles. The van der Waals surface area contributed by atoms with E-state index < -0.39 is 0 Å². The molecule has 184 valence electrons. The molecule has 1 N–H and O–H groups in total. The van der Waals surface area contributed by atoms with Gasteiger partial charge in [-0.25, -0.2) is 0 Å². The van der Waals surface area contributed by atoms with Crippen molar-refractivity contribution in [3.05, 3.63) is 124 Å². The highest BCUT2D eigenvalue weighted by atomic mass is 16.2. The molecule has 6 nitrogen and oxygen atoms in total. The van der Waals surface area contributed by atoms with Gasteiger partial charge >= 0.3 is 0 Å². The highest BCUT2D eigenvalue weighted by Gasteiger charge is 2.37. The van der Waals surface area contributed by atoms with Crippen LogP contribution in [0.4, 0.5) is 5.69 Å². The number of nitrogens with zero attached hydrogens (tertiary/aromatic N) is 2. The maximum Gasteiger partial charge on any atom is 0.274 e. The molecule has 2 atom stereocenters. The molecule has 0 unspecified atom stereocenters. The van der Waals surface area contributed by atoms with E-state index in [9.17, 15) is 14.4 Å². The van der Waals surface area contributed by atoms with E-state index >= 15 is 0 Å². The van der Waals surface area contributed by atoms with Crippen molar-refractivity contribution >= 4 is 17.5 Å². The molecule has 3 heterocycles. The van der Waals surface area contributed by atoms with Gasteiger partial charge in [-0.2, -0.15) is 0 Å². The van der Waals surface area contributed by atoms with E-state index in [0.29, 0.717) is 30.8 Å². The Labute approximate surface area is 215 Å². The number of rotatable bonds is 4. The quantitative estimate of drug-likeness (QED) is 0.437. The van der Waals surface area contributed by atoms with Crippen molar-refractivity contribution in [2.45, 2.75) is 18.9 Å². The van der Waals surface area contributed by atoms with E-state index in [2.05, 4.69) is 17.4 Å². The summed E-state index contributed by atoms with van der Waals surface area (Å²) in [6.07, 6.45) is 0.950. The van der Waals surface area contributed by atoms with E-state index in [1.807, 2.05) is 59.5 Å². The fourth-order valence-corrected chi connectivity index (χ4v) is 5.61. The Morgan fingerprint density at radius 3 is 2.11 bits per heavy atom. The monoisotopic (exact) mass is 489 g/mol.